The van der Waals surface area contributed by atoms with Crippen LogP contribution in [0.2, 0.25) is 5.02 Å². The topological polar surface area (TPSA) is 41.1 Å². The lowest BCUT2D eigenvalue weighted by molar-refractivity contribution is -0.117. The summed E-state index contributed by atoms with van der Waals surface area (Å²) in [7, 11) is 0. The van der Waals surface area contributed by atoms with Gasteiger partial charge in [-0.25, -0.2) is 4.39 Å². The molecule has 2 unspecified atom stereocenters. The van der Waals surface area contributed by atoms with Crippen LogP contribution in [0.4, 0.5) is 10.1 Å². The number of halogens is 3. The molecule has 2 atom stereocenters. The van der Waals surface area contributed by atoms with Crippen molar-refractivity contribution >= 4 is 35.6 Å². The quantitative estimate of drug-likeness (QED) is 0.833. The standard InChI is InChI=1S/C19H18ClFN2O.ClH/c20-16-4-2-1-3-13(16)14-9-15(14)19(24)23-17-6-5-11-10-22-8-7-12(11)18(17)21;/h1-6,14-15,22H,7-10H2,(H,23,24);1H. The number of carbonyl (C=O) groups excluding carboxylic acids is 1. The first-order chi connectivity index (χ1) is 11.6. The van der Waals surface area contributed by atoms with Crippen LogP contribution in [-0.2, 0) is 17.8 Å². The highest BCUT2D eigenvalue weighted by molar-refractivity contribution is 6.31. The highest BCUT2D eigenvalue weighted by atomic mass is 35.5. The minimum atomic E-state index is -0.294. The number of fused-ring (bicyclic) bond motifs is 1. The van der Waals surface area contributed by atoms with Gasteiger partial charge in [0, 0.05) is 17.5 Å². The van der Waals surface area contributed by atoms with Gasteiger partial charge in [-0.2, -0.15) is 0 Å². The van der Waals surface area contributed by atoms with Gasteiger partial charge in [-0.1, -0.05) is 35.9 Å². The molecule has 132 valence electrons. The van der Waals surface area contributed by atoms with Crippen molar-refractivity contribution in [2.45, 2.75) is 25.3 Å². The maximum atomic E-state index is 14.6. The minimum Gasteiger partial charge on any atom is -0.323 e. The largest absolute Gasteiger partial charge is 0.323 e. The van der Waals surface area contributed by atoms with Gasteiger partial charge in [-0.3, -0.25) is 4.79 Å². The number of benzene rings is 2. The Morgan fingerprint density at radius 3 is 2.84 bits per heavy atom. The molecular formula is C19H19Cl2FN2O. The maximum absolute atomic E-state index is 14.6. The predicted octanol–water partition coefficient (Wildman–Crippen LogP) is 4.29. The lowest BCUT2D eigenvalue weighted by atomic mass is 9.99. The fourth-order valence-electron chi connectivity index (χ4n) is 3.46. The van der Waals surface area contributed by atoms with E-state index in [1.165, 1.54) is 0 Å². The fraction of sp³-hybridized carbons (Fsp3) is 0.316. The van der Waals surface area contributed by atoms with Crippen LogP contribution in [0.25, 0.3) is 0 Å². The summed E-state index contributed by atoms with van der Waals surface area (Å²) in [4.78, 5) is 12.5. The molecule has 0 bridgehead atoms. The summed E-state index contributed by atoms with van der Waals surface area (Å²) >= 11 is 6.20. The van der Waals surface area contributed by atoms with Crippen molar-refractivity contribution in [3.05, 3.63) is 63.9 Å². The molecular weight excluding hydrogens is 362 g/mol. The van der Waals surface area contributed by atoms with Crippen molar-refractivity contribution in [2.75, 3.05) is 11.9 Å². The molecule has 2 N–H and O–H groups in total. The average molecular weight is 381 g/mol. The van der Waals surface area contributed by atoms with E-state index in [1.807, 2.05) is 30.3 Å². The molecule has 1 fully saturated rings. The van der Waals surface area contributed by atoms with Crippen LogP contribution in [0.5, 0.6) is 0 Å². The molecule has 3 nitrogen and oxygen atoms in total. The highest BCUT2D eigenvalue weighted by Gasteiger charge is 2.45. The second-order valence-electron chi connectivity index (χ2n) is 6.45. The molecule has 1 heterocycles. The first-order valence-corrected chi connectivity index (χ1v) is 8.59. The summed E-state index contributed by atoms with van der Waals surface area (Å²) in [6, 6.07) is 11.1. The molecule has 0 aromatic heterocycles. The highest BCUT2D eigenvalue weighted by Crippen LogP contribution is 2.50. The third-order valence-corrected chi connectivity index (χ3v) is 5.24. The molecule has 0 saturated heterocycles. The molecule has 0 spiro atoms. The van der Waals surface area contributed by atoms with Crippen LogP contribution in [0.1, 0.15) is 29.0 Å². The zero-order chi connectivity index (χ0) is 16.7. The zero-order valence-corrected chi connectivity index (χ0v) is 15.1. The third kappa shape index (κ3) is 3.52. The van der Waals surface area contributed by atoms with Gasteiger partial charge in [0.1, 0.15) is 5.82 Å². The van der Waals surface area contributed by atoms with Crippen molar-refractivity contribution in [3.63, 3.8) is 0 Å². The summed E-state index contributed by atoms with van der Waals surface area (Å²) in [6.07, 6.45) is 1.41. The van der Waals surface area contributed by atoms with Gasteiger partial charge in [0.05, 0.1) is 5.69 Å². The number of amides is 1. The molecule has 1 aliphatic carbocycles. The van der Waals surface area contributed by atoms with Crippen LogP contribution in [0, 0.1) is 11.7 Å². The number of nitrogens with one attached hydrogen (secondary N) is 2. The Labute approximate surface area is 157 Å². The smallest absolute Gasteiger partial charge is 0.228 e. The summed E-state index contributed by atoms with van der Waals surface area (Å²) in [5.74, 6) is -0.435. The number of carbonyl (C=O) groups is 1. The molecule has 2 aromatic rings. The SMILES string of the molecule is Cl.O=C(Nc1ccc2c(c1F)CCNC2)C1CC1c1ccccc1Cl. The van der Waals surface area contributed by atoms with Gasteiger partial charge in [0.2, 0.25) is 5.91 Å². The van der Waals surface area contributed by atoms with E-state index < -0.39 is 0 Å². The van der Waals surface area contributed by atoms with Gasteiger partial charge < -0.3 is 10.6 Å². The Kier molecular flexibility index (Phi) is 5.32. The lowest BCUT2D eigenvalue weighted by Gasteiger charge is -2.19. The van der Waals surface area contributed by atoms with Crippen molar-refractivity contribution < 1.29 is 9.18 Å². The maximum Gasteiger partial charge on any atom is 0.228 e. The molecule has 25 heavy (non-hydrogen) atoms. The Morgan fingerprint density at radius 1 is 1.24 bits per heavy atom. The van der Waals surface area contributed by atoms with Crippen LogP contribution in [0.15, 0.2) is 36.4 Å². The average Bonchev–Trinajstić information content (AvgIpc) is 3.39. The van der Waals surface area contributed by atoms with E-state index in [9.17, 15) is 9.18 Å². The fourth-order valence-corrected chi connectivity index (χ4v) is 3.74. The summed E-state index contributed by atoms with van der Waals surface area (Å²) in [6.45, 7) is 1.44. The third-order valence-electron chi connectivity index (χ3n) is 4.90. The van der Waals surface area contributed by atoms with Gasteiger partial charge in [-0.15, -0.1) is 12.4 Å². The molecule has 6 heteroatoms. The second kappa shape index (κ2) is 7.32. The first kappa shape index (κ1) is 18.2. The lowest BCUT2D eigenvalue weighted by Crippen LogP contribution is -2.25. The van der Waals surface area contributed by atoms with Gasteiger partial charge >= 0.3 is 0 Å². The molecule has 0 radical (unpaired) electrons. The van der Waals surface area contributed by atoms with Crippen molar-refractivity contribution in [1.29, 1.82) is 0 Å². The van der Waals surface area contributed by atoms with Crippen LogP contribution < -0.4 is 10.6 Å². The van der Waals surface area contributed by atoms with E-state index >= 15 is 0 Å². The van der Waals surface area contributed by atoms with E-state index in [2.05, 4.69) is 10.6 Å². The Hall–Kier alpha value is -1.62. The number of hydrogen-bond donors (Lipinski definition) is 2. The molecule has 2 aliphatic rings. The van der Waals surface area contributed by atoms with Crippen LogP contribution >= 0.6 is 24.0 Å². The Balaban J connectivity index is 0.00000182. The predicted molar refractivity (Wildman–Crippen MR) is 100.0 cm³/mol. The second-order valence-corrected chi connectivity index (χ2v) is 6.86. The van der Waals surface area contributed by atoms with E-state index in [1.54, 1.807) is 6.07 Å². The van der Waals surface area contributed by atoms with Gasteiger partial charge in [0.25, 0.3) is 0 Å². The van der Waals surface area contributed by atoms with E-state index in [0.29, 0.717) is 23.6 Å². The van der Waals surface area contributed by atoms with Crippen molar-refractivity contribution in [1.82, 2.24) is 5.32 Å². The van der Waals surface area contributed by atoms with Crippen molar-refractivity contribution in [2.24, 2.45) is 5.92 Å². The first-order valence-electron chi connectivity index (χ1n) is 8.21. The molecule has 1 amide bonds. The van der Waals surface area contributed by atoms with E-state index in [4.69, 9.17) is 11.6 Å². The zero-order valence-electron chi connectivity index (χ0n) is 13.5. The van der Waals surface area contributed by atoms with E-state index in [0.717, 1.165) is 24.1 Å². The van der Waals surface area contributed by atoms with Crippen LogP contribution in [0.3, 0.4) is 0 Å². The van der Waals surface area contributed by atoms with Gasteiger partial charge in [0.15, 0.2) is 0 Å². The number of rotatable bonds is 3. The minimum absolute atomic E-state index is 0. The molecule has 4 rings (SSSR count). The normalized spacial score (nSPS) is 21.0. The number of anilines is 1. The summed E-state index contributed by atoms with van der Waals surface area (Å²) in [5.41, 5.74) is 2.96. The van der Waals surface area contributed by atoms with Crippen molar-refractivity contribution in [3.8, 4) is 0 Å². The molecule has 1 saturated carbocycles. The molecule has 1 aliphatic heterocycles. The Morgan fingerprint density at radius 2 is 2.04 bits per heavy atom. The van der Waals surface area contributed by atoms with E-state index in [-0.39, 0.29) is 41.7 Å². The van der Waals surface area contributed by atoms with Gasteiger partial charge in [-0.05, 0) is 54.1 Å². The van der Waals surface area contributed by atoms with Crippen LogP contribution in [-0.4, -0.2) is 12.5 Å². The number of hydrogen-bond acceptors (Lipinski definition) is 2. The summed E-state index contributed by atoms with van der Waals surface area (Å²) in [5, 5.41) is 6.67. The Bertz CT molecular complexity index is 812. The summed E-state index contributed by atoms with van der Waals surface area (Å²) < 4.78 is 14.6. The monoisotopic (exact) mass is 380 g/mol. The molecule has 2 aromatic carbocycles.